The lowest BCUT2D eigenvalue weighted by Crippen LogP contribution is -2.21. The lowest BCUT2D eigenvalue weighted by molar-refractivity contribution is 0.0964. The minimum atomic E-state index is -0.326. The number of hydrogen-bond donors (Lipinski definition) is 2. The summed E-state index contributed by atoms with van der Waals surface area (Å²) in [6.45, 7) is 0. The van der Waals surface area contributed by atoms with Crippen LogP contribution in [0.15, 0.2) is 35.2 Å². The van der Waals surface area contributed by atoms with Crippen LogP contribution < -0.4 is 10.6 Å². The average Bonchev–Trinajstić information content (AvgIpc) is 2.92. The first-order valence-corrected chi connectivity index (χ1v) is 6.17. The molecule has 6 heteroatoms. The van der Waals surface area contributed by atoms with Gasteiger partial charge in [0.2, 0.25) is 0 Å². The zero-order valence-electron chi connectivity index (χ0n) is 9.64. The number of anilines is 1. The average molecular weight is 261 g/mol. The van der Waals surface area contributed by atoms with E-state index in [2.05, 4.69) is 15.6 Å². The van der Waals surface area contributed by atoms with Gasteiger partial charge < -0.3 is 10.6 Å². The van der Waals surface area contributed by atoms with Crippen molar-refractivity contribution in [3.05, 3.63) is 46.4 Å². The molecule has 18 heavy (non-hydrogen) atoms. The summed E-state index contributed by atoms with van der Waals surface area (Å²) in [4.78, 5) is 27.4. The second kappa shape index (κ2) is 5.42. The molecule has 0 aliphatic heterocycles. The standard InChI is InChI=1S/C12H11N3O2S/c1-13-11(16)8-4-2-3-5-9(8)15-12(17)10-6-18-7-14-10/h2-7H,1H3,(H,13,16)(H,15,17). The Morgan fingerprint density at radius 2 is 2.00 bits per heavy atom. The van der Waals surface area contributed by atoms with Crippen molar-refractivity contribution in [2.24, 2.45) is 0 Å². The molecule has 1 aromatic carbocycles. The Morgan fingerprint density at radius 1 is 1.22 bits per heavy atom. The third-order valence-electron chi connectivity index (χ3n) is 2.31. The minimum absolute atomic E-state index is 0.246. The number of benzene rings is 1. The third-order valence-corrected chi connectivity index (χ3v) is 2.90. The summed E-state index contributed by atoms with van der Waals surface area (Å²) in [5.41, 5.74) is 2.81. The van der Waals surface area contributed by atoms with E-state index in [0.717, 1.165) is 0 Å². The first-order valence-electron chi connectivity index (χ1n) is 5.23. The number of nitrogens with zero attached hydrogens (tertiary/aromatic N) is 1. The first kappa shape index (κ1) is 12.3. The van der Waals surface area contributed by atoms with E-state index in [4.69, 9.17) is 0 Å². The van der Waals surface area contributed by atoms with Gasteiger partial charge in [0.05, 0.1) is 16.8 Å². The van der Waals surface area contributed by atoms with Crippen molar-refractivity contribution in [1.29, 1.82) is 0 Å². The Labute approximate surface area is 108 Å². The Balaban J connectivity index is 2.24. The van der Waals surface area contributed by atoms with Crippen LogP contribution in [0.4, 0.5) is 5.69 Å². The van der Waals surface area contributed by atoms with Gasteiger partial charge in [-0.25, -0.2) is 4.98 Å². The van der Waals surface area contributed by atoms with Crippen LogP contribution in [-0.4, -0.2) is 23.8 Å². The van der Waals surface area contributed by atoms with Crippen LogP contribution in [0.1, 0.15) is 20.8 Å². The van der Waals surface area contributed by atoms with Gasteiger partial charge in [0, 0.05) is 12.4 Å². The molecule has 0 bridgehead atoms. The van der Waals surface area contributed by atoms with Crippen molar-refractivity contribution in [3.63, 3.8) is 0 Å². The van der Waals surface area contributed by atoms with Crippen molar-refractivity contribution < 1.29 is 9.59 Å². The molecule has 0 unspecified atom stereocenters. The number of para-hydroxylation sites is 1. The van der Waals surface area contributed by atoms with Crippen LogP contribution in [0.5, 0.6) is 0 Å². The molecule has 0 saturated heterocycles. The van der Waals surface area contributed by atoms with E-state index < -0.39 is 0 Å². The van der Waals surface area contributed by atoms with Crippen molar-refractivity contribution in [2.45, 2.75) is 0 Å². The molecule has 2 rings (SSSR count). The highest BCUT2D eigenvalue weighted by Crippen LogP contribution is 2.16. The van der Waals surface area contributed by atoms with Gasteiger partial charge in [0.15, 0.2) is 0 Å². The number of aromatic nitrogens is 1. The van der Waals surface area contributed by atoms with E-state index in [1.807, 2.05) is 0 Å². The topological polar surface area (TPSA) is 71.1 Å². The van der Waals surface area contributed by atoms with Crippen molar-refractivity contribution in [2.75, 3.05) is 12.4 Å². The monoisotopic (exact) mass is 261 g/mol. The van der Waals surface area contributed by atoms with Crippen LogP contribution in [0, 0.1) is 0 Å². The second-order valence-electron chi connectivity index (χ2n) is 3.45. The van der Waals surface area contributed by atoms with Crippen LogP contribution in [-0.2, 0) is 0 Å². The fourth-order valence-corrected chi connectivity index (χ4v) is 1.97. The summed E-state index contributed by atoms with van der Waals surface area (Å²) in [6, 6.07) is 6.82. The zero-order chi connectivity index (χ0) is 13.0. The highest BCUT2D eigenvalue weighted by Gasteiger charge is 2.13. The van der Waals surface area contributed by atoms with Gasteiger partial charge in [-0.2, -0.15) is 0 Å². The number of carbonyl (C=O) groups is 2. The quantitative estimate of drug-likeness (QED) is 0.884. The summed E-state index contributed by atoms with van der Waals surface area (Å²) in [5.74, 6) is -0.572. The Kier molecular flexibility index (Phi) is 3.69. The molecule has 0 aliphatic carbocycles. The maximum absolute atomic E-state index is 11.8. The molecule has 0 spiro atoms. The number of rotatable bonds is 3. The third kappa shape index (κ3) is 2.54. The van der Waals surface area contributed by atoms with Crippen LogP contribution in [0.2, 0.25) is 0 Å². The molecular formula is C12H11N3O2S. The first-order chi connectivity index (χ1) is 8.72. The predicted octanol–water partition coefficient (Wildman–Crippen LogP) is 1.75. The molecule has 2 aromatic rings. The lowest BCUT2D eigenvalue weighted by atomic mass is 10.1. The molecule has 92 valence electrons. The van der Waals surface area contributed by atoms with Crippen molar-refractivity contribution in [3.8, 4) is 0 Å². The van der Waals surface area contributed by atoms with Crippen molar-refractivity contribution in [1.82, 2.24) is 10.3 Å². The van der Waals surface area contributed by atoms with E-state index in [-0.39, 0.29) is 11.8 Å². The van der Waals surface area contributed by atoms with E-state index in [0.29, 0.717) is 16.9 Å². The van der Waals surface area contributed by atoms with E-state index in [1.54, 1.807) is 42.2 Å². The van der Waals surface area contributed by atoms with Crippen LogP contribution >= 0.6 is 11.3 Å². The second-order valence-corrected chi connectivity index (χ2v) is 4.17. The van der Waals surface area contributed by atoms with Gasteiger partial charge in [-0.05, 0) is 12.1 Å². The Hall–Kier alpha value is -2.21. The smallest absolute Gasteiger partial charge is 0.275 e. The predicted molar refractivity (Wildman–Crippen MR) is 69.9 cm³/mol. The van der Waals surface area contributed by atoms with E-state index in [9.17, 15) is 9.59 Å². The van der Waals surface area contributed by atoms with E-state index >= 15 is 0 Å². The summed E-state index contributed by atoms with van der Waals surface area (Å²) < 4.78 is 0. The number of carbonyl (C=O) groups excluding carboxylic acids is 2. The van der Waals surface area contributed by atoms with Gasteiger partial charge in [-0.1, -0.05) is 12.1 Å². The molecule has 0 aliphatic rings. The van der Waals surface area contributed by atoms with Crippen molar-refractivity contribution >= 4 is 28.8 Å². The fourth-order valence-electron chi connectivity index (χ4n) is 1.44. The zero-order valence-corrected chi connectivity index (χ0v) is 10.5. The highest BCUT2D eigenvalue weighted by atomic mass is 32.1. The maximum Gasteiger partial charge on any atom is 0.275 e. The largest absolute Gasteiger partial charge is 0.355 e. The molecule has 0 atom stereocenters. The molecule has 1 heterocycles. The molecule has 0 radical (unpaired) electrons. The van der Waals surface area contributed by atoms with Gasteiger partial charge in [-0.15, -0.1) is 11.3 Å². The fraction of sp³-hybridized carbons (Fsp3) is 0.0833. The number of nitrogens with one attached hydrogen (secondary N) is 2. The molecular weight excluding hydrogens is 250 g/mol. The van der Waals surface area contributed by atoms with Crippen LogP contribution in [0.25, 0.3) is 0 Å². The molecule has 5 nitrogen and oxygen atoms in total. The summed E-state index contributed by atoms with van der Waals surface area (Å²) in [7, 11) is 1.54. The van der Waals surface area contributed by atoms with Gasteiger partial charge in [0.1, 0.15) is 5.69 Å². The number of amides is 2. The van der Waals surface area contributed by atoms with Gasteiger partial charge in [-0.3, -0.25) is 9.59 Å². The van der Waals surface area contributed by atoms with E-state index in [1.165, 1.54) is 11.3 Å². The number of thiazole rings is 1. The normalized spacial score (nSPS) is 9.83. The van der Waals surface area contributed by atoms with Crippen LogP contribution in [0.3, 0.4) is 0 Å². The maximum atomic E-state index is 11.8. The molecule has 2 N–H and O–H groups in total. The Bertz CT molecular complexity index is 566. The highest BCUT2D eigenvalue weighted by molar-refractivity contribution is 7.07. The lowest BCUT2D eigenvalue weighted by Gasteiger charge is -2.08. The molecule has 1 aromatic heterocycles. The summed E-state index contributed by atoms with van der Waals surface area (Å²) in [5, 5.41) is 6.85. The number of hydrogen-bond acceptors (Lipinski definition) is 4. The molecule has 0 fully saturated rings. The minimum Gasteiger partial charge on any atom is -0.355 e. The van der Waals surface area contributed by atoms with Gasteiger partial charge in [0.25, 0.3) is 11.8 Å². The molecule has 2 amide bonds. The summed E-state index contributed by atoms with van der Waals surface area (Å²) >= 11 is 1.34. The van der Waals surface area contributed by atoms with Gasteiger partial charge >= 0.3 is 0 Å². The SMILES string of the molecule is CNC(=O)c1ccccc1NC(=O)c1cscn1. The summed E-state index contributed by atoms with van der Waals surface area (Å²) in [6.07, 6.45) is 0. The Morgan fingerprint density at radius 3 is 2.67 bits per heavy atom. The molecule has 0 saturated carbocycles.